The third-order valence-electron chi connectivity index (χ3n) is 3.53. The molecule has 11 heteroatoms. The van der Waals surface area contributed by atoms with Crippen molar-refractivity contribution in [2.75, 3.05) is 14.2 Å². The molecule has 0 bridgehead atoms. The van der Waals surface area contributed by atoms with Gasteiger partial charge in [-0.05, 0) is 39.8 Å². The van der Waals surface area contributed by atoms with Crippen molar-refractivity contribution in [3.05, 3.63) is 41.0 Å². The molecule has 2 N–H and O–H groups in total. The highest BCUT2D eigenvalue weighted by Gasteiger charge is 2.36. The SMILES string of the molecule is COC(=O)/C(C(=O)NC(C)(C)C)=C(\C(=O)NS(=O)(=O)c1ccc(C)cc1)C(=O)OC. The van der Waals surface area contributed by atoms with Crippen LogP contribution in [-0.4, -0.2) is 51.9 Å². The zero-order valence-corrected chi connectivity index (χ0v) is 18.3. The molecule has 0 aliphatic heterocycles. The van der Waals surface area contributed by atoms with E-state index in [1.165, 1.54) is 24.3 Å². The summed E-state index contributed by atoms with van der Waals surface area (Å²) in [6.45, 7) is 6.53. The third kappa shape index (κ3) is 6.41. The van der Waals surface area contributed by atoms with E-state index < -0.39 is 50.5 Å². The van der Waals surface area contributed by atoms with E-state index in [-0.39, 0.29) is 4.90 Å². The standard InChI is InChI=1S/C19H24N2O8S/c1-11-7-9-12(10-8-11)30(26,27)21-16(23)14(18(25)29-6)13(17(24)28-5)15(22)20-19(2,3)4/h7-10H,1-6H3,(H,20,22)(H,21,23)/b14-13+. The lowest BCUT2D eigenvalue weighted by Crippen LogP contribution is -2.45. The molecule has 1 aromatic carbocycles. The van der Waals surface area contributed by atoms with Crippen LogP contribution in [0.5, 0.6) is 0 Å². The van der Waals surface area contributed by atoms with Crippen molar-refractivity contribution in [2.24, 2.45) is 0 Å². The number of carbonyl (C=O) groups excluding carboxylic acids is 4. The summed E-state index contributed by atoms with van der Waals surface area (Å²) in [7, 11) is -2.58. The Labute approximate surface area is 174 Å². The third-order valence-corrected chi connectivity index (χ3v) is 4.88. The lowest BCUT2D eigenvalue weighted by atomic mass is 10.0. The molecule has 0 fully saturated rings. The van der Waals surface area contributed by atoms with Crippen molar-refractivity contribution in [3.63, 3.8) is 0 Å². The first kappa shape index (κ1) is 24.8. The minimum atomic E-state index is -4.42. The molecule has 1 rings (SSSR count). The summed E-state index contributed by atoms with van der Waals surface area (Å²) < 4.78 is 35.7. The van der Waals surface area contributed by atoms with Gasteiger partial charge in [0.1, 0.15) is 11.1 Å². The maximum absolute atomic E-state index is 12.7. The molecule has 1 aromatic rings. The highest BCUT2D eigenvalue weighted by atomic mass is 32.2. The fourth-order valence-electron chi connectivity index (χ4n) is 2.17. The van der Waals surface area contributed by atoms with Crippen LogP contribution in [0.1, 0.15) is 26.3 Å². The number of benzene rings is 1. The zero-order valence-electron chi connectivity index (χ0n) is 17.5. The van der Waals surface area contributed by atoms with Gasteiger partial charge in [-0.2, -0.15) is 0 Å². The first-order valence-electron chi connectivity index (χ1n) is 8.60. The second-order valence-electron chi connectivity index (χ2n) is 7.18. The van der Waals surface area contributed by atoms with Crippen LogP contribution in [0.4, 0.5) is 0 Å². The van der Waals surface area contributed by atoms with E-state index in [2.05, 4.69) is 14.8 Å². The lowest BCUT2D eigenvalue weighted by molar-refractivity contribution is -0.142. The van der Waals surface area contributed by atoms with E-state index in [0.29, 0.717) is 0 Å². The average molecular weight is 440 g/mol. The number of rotatable bonds is 6. The van der Waals surface area contributed by atoms with Gasteiger partial charge in [0, 0.05) is 5.54 Å². The van der Waals surface area contributed by atoms with Crippen molar-refractivity contribution in [1.82, 2.24) is 10.0 Å². The molecule has 0 radical (unpaired) electrons. The summed E-state index contributed by atoms with van der Waals surface area (Å²) in [6.07, 6.45) is 0. The number of hydrogen-bond donors (Lipinski definition) is 2. The first-order chi connectivity index (χ1) is 13.7. The van der Waals surface area contributed by atoms with Gasteiger partial charge in [0.05, 0.1) is 19.1 Å². The Morgan fingerprint density at radius 3 is 1.67 bits per heavy atom. The molecule has 0 heterocycles. The monoisotopic (exact) mass is 440 g/mol. The van der Waals surface area contributed by atoms with Gasteiger partial charge in [-0.1, -0.05) is 17.7 Å². The van der Waals surface area contributed by atoms with Gasteiger partial charge in [-0.3, -0.25) is 9.59 Å². The minimum absolute atomic E-state index is 0.260. The highest BCUT2D eigenvalue weighted by Crippen LogP contribution is 2.15. The molecule has 0 aliphatic rings. The summed E-state index contributed by atoms with van der Waals surface area (Å²) in [5.41, 5.74) is -2.16. The second-order valence-corrected chi connectivity index (χ2v) is 8.87. The number of sulfonamides is 1. The maximum Gasteiger partial charge on any atom is 0.344 e. The lowest BCUT2D eigenvalue weighted by Gasteiger charge is -2.21. The number of amides is 2. The molecule has 0 spiro atoms. The van der Waals surface area contributed by atoms with Crippen LogP contribution >= 0.6 is 0 Å². The van der Waals surface area contributed by atoms with Crippen molar-refractivity contribution in [3.8, 4) is 0 Å². The largest absolute Gasteiger partial charge is 0.465 e. The smallest absolute Gasteiger partial charge is 0.344 e. The van der Waals surface area contributed by atoms with E-state index in [0.717, 1.165) is 19.8 Å². The van der Waals surface area contributed by atoms with Crippen molar-refractivity contribution < 1.29 is 37.1 Å². The van der Waals surface area contributed by atoms with E-state index in [1.54, 1.807) is 32.4 Å². The Balaban J connectivity index is 3.54. The fraction of sp³-hybridized carbons (Fsp3) is 0.368. The van der Waals surface area contributed by atoms with E-state index in [9.17, 15) is 27.6 Å². The molecule has 0 saturated heterocycles. The highest BCUT2D eigenvalue weighted by molar-refractivity contribution is 7.90. The summed E-state index contributed by atoms with van der Waals surface area (Å²) in [5, 5.41) is 2.41. The molecule has 0 unspecified atom stereocenters. The average Bonchev–Trinajstić information content (AvgIpc) is 2.63. The number of nitrogens with one attached hydrogen (secondary N) is 2. The van der Waals surface area contributed by atoms with Crippen LogP contribution in [0.3, 0.4) is 0 Å². The van der Waals surface area contributed by atoms with Crippen LogP contribution in [0, 0.1) is 6.92 Å². The number of esters is 2. The summed E-state index contributed by atoms with van der Waals surface area (Å²) in [6, 6.07) is 5.51. The quantitative estimate of drug-likeness (QED) is 0.279. The molecular weight excluding hydrogens is 416 g/mol. The molecule has 0 saturated carbocycles. The van der Waals surface area contributed by atoms with Gasteiger partial charge in [-0.25, -0.2) is 22.7 Å². The van der Waals surface area contributed by atoms with E-state index in [1.807, 2.05) is 0 Å². The van der Waals surface area contributed by atoms with E-state index in [4.69, 9.17) is 0 Å². The second kappa shape index (κ2) is 9.53. The topological polar surface area (TPSA) is 145 Å². The van der Waals surface area contributed by atoms with Crippen LogP contribution in [0.2, 0.25) is 0 Å². The molecule has 0 aliphatic carbocycles. The van der Waals surface area contributed by atoms with E-state index >= 15 is 0 Å². The molecule has 30 heavy (non-hydrogen) atoms. The number of carbonyl (C=O) groups is 4. The van der Waals surface area contributed by atoms with Crippen molar-refractivity contribution >= 4 is 33.8 Å². The Kier molecular flexibility index (Phi) is 7.88. The molecular formula is C19H24N2O8S. The molecule has 0 aromatic heterocycles. The van der Waals surface area contributed by atoms with Gasteiger partial charge < -0.3 is 14.8 Å². The van der Waals surface area contributed by atoms with Gasteiger partial charge >= 0.3 is 11.9 Å². The van der Waals surface area contributed by atoms with Crippen molar-refractivity contribution in [2.45, 2.75) is 38.1 Å². The van der Waals surface area contributed by atoms with Crippen molar-refractivity contribution in [1.29, 1.82) is 0 Å². The number of hydrogen-bond acceptors (Lipinski definition) is 8. The Morgan fingerprint density at radius 1 is 0.833 bits per heavy atom. The minimum Gasteiger partial charge on any atom is -0.465 e. The number of aryl methyl sites for hydroxylation is 1. The van der Waals surface area contributed by atoms with Gasteiger partial charge in [0.25, 0.3) is 21.8 Å². The Morgan fingerprint density at radius 2 is 1.27 bits per heavy atom. The predicted molar refractivity (Wildman–Crippen MR) is 105 cm³/mol. The number of methoxy groups -OCH3 is 2. The van der Waals surface area contributed by atoms with Crippen LogP contribution in [0.15, 0.2) is 40.3 Å². The summed E-state index contributed by atoms with van der Waals surface area (Å²) in [4.78, 5) is 49.5. The Bertz CT molecular complexity index is 986. The van der Waals surface area contributed by atoms with Gasteiger partial charge in [0.15, 0.2) is 0 Å². The molecule has 2 amide bonds. The molecule has 10 nitrogen and oxygen atoms in total. The normalized spacial score (nSPS) is 12.3. The number of ether oxygens (including phenoxy) is 2. The fourth-order valence-corrected chi connectivity index (χ4v) is 3.13. The zero-order chi connectivity index (χ0) is 23.3. The van der Waals surface area contributed by atoms with Gasteiger partial charge in [-0.15, -0.1) is 0 Å². The van der Waals surface area contributed by atoms with Gasteiger partial charge in [0.2, 0.25) is 0 Å². The maximum atomic E-state index is 12.7. The first-order valence-corrected chi connectivity index (χ1v) is 10.1. The van der Waals surface area contributed by atoms with Crippen LogP contribution in [0.25, 0.3) is 0 Å². The Hall–Kier alpha value is -3.21. The van der Waals surface area contributed by atoms with Crippen LogP contribution < -0.4 is 10.0 Å². The summed E-state index contributed by atoms with van der Waals surface area (Å²) >= 11 is 0. The molecule has 0 atom stereocenters. The van der Waals surface area contributed by atoms with Crippen LogP contribution in [-0.2, 0) is 38.7 Å². The predicted octanol–water partition coefficient (Wildman–Crippen LogP) is 0.357. The summed E-state index contributed by atoms with van der Waals surface area (Å²) in [5.74, 6) is -5.35. The molecule has 164 valence electrons.